The predicted molar refractivity (Wildman–Crippen MR) is 85.7 cm³/mol. The monoisotopic (exact) mass is 312 g/mol. The molecule has 0 aliphatic carbocycles. The number of pyridine rings is 1. The molecule has 0 saturated carbocycles. The number of thioether (sulfide) groups is 1. The summed E-state index contributed by atoms with van der Waals surface area (Å²) in [6.45, 7) is 8.04. The first-order valence-corrected chi connectivity index (χ1v) is 8.43. The van der Waals surface area contributed by atoms with Gasteiger partial charge in [-0.3, -0.25) is 4.79 Å². The molecule has 3 nitrogen and oxygen atoms in total. The minimum absolute atomic E-state index is 0.0747. The maximum atomic E-state index is 12.6. The highest BCUT2D eigenvalue weighted by atomic mass is 35.5. The molecule has 1 aromatic heterocycles. The molecule has 0 bridgehead atoms. The van der Waals surface area contributed by atoms with Crippen molar-refractivity contribution in [1.82, 2.24) is 9.88 Å². The van der Waals surface area contributed by atoms with Crippen LogP contribution in [0.2, 0.25) is 5.15 Å². The molecule has 1 saturated heterocycles. The van der Waals surface area contributed by atoms with Crippen LogP contribution in [0.25, 0.3) is 0 Å². The second-order valence-corrected chi connectivity index (χ2v) is 7.66. The van der Waals surface area contributed by atoms with E-state index in [2.05, 4.69) is 25.8 Å². The number of nitrogens with zero attached hydrogens (tertiary/aromatic N) is 2. The molecule has 1 aliphatic rings. The van der Waals surface area contributed by atoms with Crippen molar-refractivity contribution in [3.05, 3.63) is 28.5 Å². The van der Waals surface area contributed by atoms with Gasteiger partial charge in [-0.25, -0.2) is 4.98 Å². The minimum atomic E-state index is 0.0747. The van der Waals surface area contributed by atoms with Crippen LogP contribution in [-0.4, -0.2) is 39.4 Å². The normalized spacial score (nSPS) is 22.9. The lowest BCUT2D eigenvalue weighted by Gasteiger charge is -2.34. The second-order valence-electron chi connectivity index (χ2n) is 5.39. The fraction of sp³-hybridized carbons (Fsp3) is 0.600. The smallest absolute Gasteiger partial charge is 0.254 e. The van der Waals surface area contributed by atoms with E-state index in [1.807, 2.05) is 22.7 Å². The maximum Gasteiger partial charge on any atom is 0.254 e. The summed E-state index contributed by atoms with van der Waals surface area (Å²) in [4.78, 5) is 18.8. The summed E-state index contributed by atoms with van der Waals surface area (Å²) in [5.74, 6) is 0.0747. The summed E-state index contributed by atoms with van der Waals surface area (Å²) in [5, 5.41) is 1.37. The van der Waals surface area contributed by atoms with Crippen molar-refractivity contribution in [3.8, 4) is 0 Å². The van der Waals surface area contributed by atoms with E-state index in [0.29, 0.717) is 21.2 Å². The Bertz CT molecular complexity index is 485. The Morgan fingerprint density at radius 2 is 2.05 bits per heavy atom. The zero-order chi connectivity index (χ0) is 14.7. The van der Waals surface area contributed by atoms with Crippen LogP contribution in [0, 0.1) is 0 Å². The first-order chi connectivity index (χ1) is 9.49. The van der Waals surface area contributed by atoms with Gasteiger partial charge in [-0.05, 0) is 18.6 Å². The number of aromatic nitrogens is 1. The van der Waals surface area contributed by atoms with Crippen LogP contribution in [0.3, 0.4) is 0 Å². The molecular weight excluding hydrogens is 292 g/mol. The Morgan fingerprint density at radius 1 is 1.40 bits per heavy atom. The summed E-state index contributed by atoms with van der Waals surface area (Å²) in [6.07, 6.45) is 1.85. The Kier molecular flexibility index (Phi) is 5.33. The Hall–Kier alpha value is -0.740. The summed E-state index contributed by atoms with van der Waals surface area (Å²) in [7, 11) is 0. The fourth-order valence-electron chi connectivity index (χ4n) is 2.59. The number of amides is 1. The number of halogens is 1. The van der Waals surface area contributed by atoms with Crippen LogP contribution >= 0.6 is 23.4 Å². The van der Waals surface area contributed by atoms with Crippen LogP contribution in [0.5, 0.6) is 0 Å². The first-order valence-electron chi connectivity index (χ1n) is 7.10. The lowest BCUT2D eigenvalue weighted by molar-refractivity contribution is 0.0753. The highest BCUT2D eigenvalue weighted by Crippen LogP contribution is 2.26. The summed E-state index contributed by atoms with van der Waals surface area (Å²) in [6, 6.07) is 3.56. The standard InChI is InChI=1S/C15H21ClN2OS/c1-4-5-13-6-12(7-14(16)17-13)15(19)18-8-10(2)20-11(3)9-18/h6-7,10-11H,4-5,8-9H2,1-3H3. The van der Waals surface area contributed by atoms with Crippen molar-refractivity contribution in [3.63, 3.8) is 0 Å². The molecule has 1 amide bonds. The quantitative estimate of drug-likeness (QED) is 0.799. The molecule has 0 aromatic carbocycles. The van der Waals surface area contributed by atoms with Gasteiger partial charge in [-0.2, -0.15) is 11.8 Å². The van der Waals surface area contributed by atoms with Crippen LogP contribution in [-0.2, 0) is 6.42 Å². The third kappa shape index (κ3) is 3.89. The SMILES string of the molecule is CCCc1cc(C(=O)N2CC(C)SC(C)C2)cc(Cl)n1. The van der Waals surface area contributed by atoms with Crippen LogP contribution in [0.1, 0.15) is 43.2 Å². The van der Waals surface area contributed by atoms with E-state index in [9.17, 15) is 4.79 Å². The van der Waals surface area contributed by atoms with Crippen LogP contribution in [0.4, 0.5) is 0 Å². The molecule has 2 atom stereocenters. The third-order valence-corrected chi connectivity index (χ3v) is 4.73. The van der Waals surface area contributed by atoms with Gasteiger partial charge < -0.3 is 4.90 Å². The van der Waals surface area contributed by atoms with Crippen molar-refractivity contribution in [2.75, 3.05) is 13.1 Å². The third-order valence-electron chi connectivity index (χ3n) is 3.31. The van der Waals surface area contributed by atoms with E-state index in [4.69, 9.17) is 11.6 Å². The number of hydrogen-bond acceptors (Lipinski definition) is 3. The van der Waals surface area contributed by atoms with Gasteiger partial charge in [-0.15, -0.1) is 0 Å². The number of aryl methyl sites for hydroxylation is 1. The lowest BCUT2D eigenvalue weighted by Crippen LogP contribution is -2.44. The molecule has 2 rings (SSSR count). The van der Waals surface area contributed by atoms with E-state index in [1.165, 1.54) is 0 Å². The first kappa shape index (κ1) is 15.6. The van der Waals surface area contributed by atoms with Crippen LogP contribution in [0.15, 0.2) is 12.1 Å². The van der Waals surface area contributed by atoms with Gasteiger partial charge in [0.25, 0.3) is 5.91 Å². The van der Waals surface area contributed by atoms with Gasteiger partial charge in [0.05, 0.1) is 0 Å². The van der Waals surface area contributed by atoms with Gasteiger partial charge in [0, 0.05) is 34.8 Å². The maximum absolute atomic E-state index is 12.6. The zero-order valence-corrected chi connectivity index (χ0v) is 13.8. The molecule has 0 radical (unpaired) electrons. The number of rotatable bonds is 3. The van der Waals surface area contributed by atoms with Crippen molar-refractivity contribution in [1.29, 1.82) is 0 Å². The van der Waals surface area contributed by atoms with Crippen molar-refractivity contribution in [2.24, 2.45) is 0 Å². The van der Waals surface area contributed by atoms with Gasteiger partial charge in [0.15, 0.2) is 0 Å². The minimum Gasteiger partial charge on any atom is -0.336 e. The van der Waals surface area contributed by atoms with E-state index >= 15 is 0 Å². The van der Waals surface area contributed by atoms with Crippen molar-refractivity contribution in [2.45, 2.75) is 44.1 Å². The summed E-state index contributed by atoms with van der Waals surface area (Å²) in [5.41, 5.74) is 1.57. The van der Waals surface area contributed by atoms with E-state index in [0.717, 1.165) is 31.6 Å². The second kappa shape index (κ2) is 6.81. The number of hydrogen-bond donors (Lipinski definition) is 0. The number of carbonyl (C=O) groups excluding carboxylic acids is 1. The molecule has 1 aliphatic heterocycles. The van der Waals surface area contributed by atoms with Gasteiger partial charge >= 0.3 is 0 Å². The van der Waals surface area contributed by atoms with Gasteiger partial charge in [0.2, 0.25) is 0 Å². The Morgan fingerprint density at radius 3 is 2.65 bits per heavy atom. The van der Waals surface area contributed by atoms with Crippen molar-refractivity contribution < 1.29 is 4.79 Å². The molecule has 2 unspecified atom stereocenters. The molecule has 1 fully saturated rings. The zero-order valence-electron chi connectivity index (χ0n) is 12.2. The molecule has 110 valence electrons. The largest absolute Gasteiger partial charge is 0.336 e. The van der Waals surface area contributed by atoms with E-state index in [1.54, 1.807) is 6.07 Å². The highest BCUT2D eigenvalue weighted by Gasteiger charge is 2.26. The molecule has 0 N–H and O–H groups in total. The Balaban J connectivity index is 2.19. The molecule has 0 spiro atoms. The van der Waals surface area contributed by atoms with E-state index in [-0.39, 0.29) is 5.91 Å². The van der Waals surface area contributed by atoms with Crippen LogP contribution < -0.4 is 0 Å². The molecule has 5 heteroatoms. The summed E-state index contributed by atoms with van der Waals surface area (Å²) < 4.78 is 0. The van der Waals surface area contributed by atoms with E-state index < -0.39 is 0 Å². The summed E-state index contributed by atoms with van der Waals surface area (Å²) >= 11 is 7.98. The average molecular weight is 313 g/mol. The topological polar surface area (TPSA) is 33.2 Å². The van der Waals surface area contributed by atoms with Gasteiger partial charge in [0.1, 0.15) is 5.15 Å². The van der Waals surface area contributed by atoms with Crippen molar-refractivity contribution >= 4 is 29.3 Å². The van der Waals surface area contributed by atoms with Gasteiger partial charge in [-0.1, -0.05) is 38.8 Å². The average Bonchev–Trinajstić information content (AvgIpc) is 2.36. The molecule has 2 heterocycles. The highest BCUT2D eigenvalue weighted by molar-refractivity contribution is 8.00. The fourth-order valence-corrected chi connectivity index (χ4v) is 4.14. The number of carbonyl (C=O) groups is 1. The molecule has 1 aromatic rings. The molecular formula is C15H21ClN2OS. The predicted octanol–water partition coefficient (Wildman–Crippen LogP) is 3.65. The molecule has 20 heavy (non-hydrogen) atoms. The lowest BCUT2D eigenvalue weighted by atomic mass is 10.1. The Labute approximate surface area is 130 Å².